The number of hydrogen-bond acceptors (Lipinski definition) is 7. The van der Waals surface area contributed by atoms with Gasteiger partial charge in [-0.2, -0.15) is 0 Å². The number of carbonyl (C=O) groups is 1. The summed E-state index contributed by atoms with van der Waals surface area (Å²) in [6.45, 7) is 0.000770. The van der Waals surface area contributed by atoms with Crippen LogP contribution in [0.1, 0.15) is 5.56 Å². The lowest BCUT2D eigenvalue weighted by atomic mass is 10.2. The normalized spacial score (nSPS) is 10.5. The summed E-state index contributed by atoms with van der Waals surface area (Å²) in [5, 5.41) is 5.53. The SMILES string of the molecule is COc1cc(NC(=O)OCc2ccc(-n3[nH]cc(-c4cccnc4)c3=O)nc2)cc(OC)c1. The number of anilines is 1. The summed E-state index contributed by atoms with van der Waals surface area (Å²) in [7, 11) is 3.04. The number of amides is 1. The minimum Gasteiger partial charge on any atom is -0.497 e. The Bertz CT molecular complexity index is 1280. The maximum Gasteiger partial charge on any atom is 0.411 e. The van der Waals surface area contributed by atoms with E-state index in [1.807, 2.05) is 6.07 Å². The van der Waals surface area contributed by atoms with E-state index in [1.165, 1.54) is 25.1 Å². The summed E-state index contributed by atoms with van der Waals surface area (Å²) in [6, 6.07) is 11.9. The van der Waals surface area contributed by atoms with Crippen LogP contribution in [0.25, 0.3) is 16.9 Å². The Morgan fingerprint density at radius 1 is 1.09 bits per heavy atom. The summed E-state index contributed by atoms with van der Waals surface area (Å²) in [4.78, 5) is 33.2. The van der Waals surface area contributed by atoms with Crippen LogP contribution in [-0.2, 0) is 11.3 Å². The van der Waals surface area contributed by atoms with E-state index < -0.39 is 6.09 Å². The van der Waals surface area contributed by atoms with Crippen LogP contribution in [0.3, 0.4) is 0 Å². The molecular weight excluding hydrogens is 426 g/mol. The minimum atomic E-state index is -0.643. The number of hydrogen-bond donors (Lipinski definition) is 2. The van der Waals surface area contributed by atoms with Gasteiger partial charge in [0.15, 0.2) is 5.82 Å². The molecule has 10 nitrogen and oxygen atoms in total. The van der Waals surface area contributed by atoms with Crippen LogP contribution in [0.4, 0.5) is 10.5 Å². The smallest absolute Gasteiger partial charge is 0.411 e. The average Bonchev–Trinajstić information content (AvgIpc) is 3.24. The van der Waals surface area contributed by atoms with Crippen LogP contribution >= 0.6 is 0 Å². The van der Waals surface area contributed by atoms with Crippen molar-refractivity contribution in [3.8, 4) is 28.4 Å². The van der Waals surface area contributed by atoms with Crippen LogP contribution in [0.2, 0.25) is 0 Å². The molecule has 0 spiro atoms. The standard InChI is InChI=1S/C23H21N5O5/c1-31-18-8-17(9-19(10-18)32-2)27-23(30)33-14-15-5-6-21(25-11-15)28-22(29)20(13-26-28)16-4-3-7-24-12-16/h3-13,26H,14H2,1-2H3,(H,27,30). The molecule has 0 aliphatic rings. The molecule has 168 valence electrons. The fourth-order valence-corrected chi connectivity index (χ4v) is 3.09. The molecule has 1 amide bonds. The number of rotatable bonds is 7. The Labute approximate surface area is 188 Å². The van der Waals surface area contributed by atoms with Gasteiger partial charge in [0.2, 0.25) is 0 Å². The zero-order valence-corrected chi connectivity index (χ0v) is 17.9. The van der Waals surface area contributed by atoms with Crippen molar-refractivity contribution >= 4 is 11.8 Å². The zero-order valence-electron chi connectivity index (χ0n) is 17.9. The van der Waals surface area contributed by atoms with Gasteiger partial charge in [-0.15, -0.1) is 0 Å². The Hall–Kier alpha value is -4.60. The summed E-state index contributed by atoms with van der Waals surface area (Å²) < 4.78 is 16.9. The second-order valence-corrected chi connectivity index (χ2v) is 6.90. The van der Waals surface area contributed by atoms with Gasteiger partial charge in [-0.05, 0) is 12.1 Å². The van der Waals surface area contributed by atoms with Gasteiger partial charge in [0.05, 0.1) is 25.5 Å². The number of nitrogens with zero attached hydrogens (tertiary/aromatic N) is 3. The molecule has 10 heteroatoms. The van der Waals surface area contributed by atoms with Gasteiger partial charge in [0, 0.05) is 54.1 Å². The van der Waals surface area contributed by atoms with Gasteiger partial charge in [-0.25, -0.2) is 14.5 Å². The van der Waals surface area contributed by atoms with Crippen LogP contribution in [-0.4, -0.2) is 40.1 Å². The highest BCUT2D eigenvalue weighted by Gasteiger charge is 2.12. The minimum absolute atomic E-state index is 0.000770. The maximum absolute atomic E-state index is 12.7. The first-order valence-electron chi connectivity index (χ1n) is 9.90. The molecule has 4 rings (SSSR count). The Morgan fingerprint density at radius 3 is 2.52 bits per heavy atom. The average molecular weight is 447 g/mol. The van der Waals surface area contributed by atoms with Gasteiger partial charge in [-0.3, -0.25) is 20.2 Å². The van der Waals surface area contributed by atoms with Crippen molar-refractivity contribution in [1.82, 2.24) is 19.7 Å². The second kappa shape index (κ2) is 9.69. The third kappa shape index (κ3) is 5.01. The first kappa shape index (κ1) is 21.6. The predicted octanol–water partition coefficient (Wildman–Crippen LogP) is 3.39. The molecule has 3 aromatic heterocycles. The van der Waals surface area contributed by atoms with E-state index in [9.17, 15) is 9.59 Å². The van der Waals surface area contributed by atoms with Crippen molar-refractivity contribution < 1.29 is 19.0 Å². The molecule has 0 aliphatic carbocycles. The fourth-order valence-electron chi connectivity index (χ4n) is 3.09. The highest BCUT2D eigenvalue weighted by Crippen LogP contribution is 2.25. The molecule has 0 bridgehead atoms. The molecule has 0 saturated carbocycles. The van der Waals surface area contributed by atoms with E-state index in [-0.39, 0.29) is 12.2 Å². The number of benzene rings is 1. The third-order valence-corrected chi connectivity index (χ3v) is 4.75. The third-order valence-electron chi connectivity index (χ3n) is 4.75. The summed E-state index contributed by atoms with van der Waals surface area (Å²) >= 11 is 0. The number of aromatic amines is 1. The van der Waals surface area contributed by atoms with Crippen LogP contribution in [0.5, 0.6) is 11.5 Å². The van der Waals surface area contributed by atoms with Crippen molar-refractivity contribution in [3.05, 3.63) is 83.2 Å². The molecule has 0 saturated heterocycles. The highest BCUT2D eigenvalue weighted by atomic mass is 16.5. The molecule has 0 radical (unpaired) electrons. The summed E-state index contributed by atoms with van der Waals surface area (Å²) in [5.74, 6) is 1.48. The van der Waals surface area contributed by atoms with Crippen molar-refractivity contribution in [3.63, 3.8) is 0 Å². The van der Waals surface area contributed by atoms with E-state index in [1.54, 1.807) is 55.0 Å². The molecule has 0 unspecified atom stereocenters. The fraction of sp³-hybridized carbons (Fsp3) is 0.130. The predicted molar refractivity (Wildman–Crippen MR) is 121 cm³/mol. The van der Waals surface area contributed by atoms with E-state index in [0.717, 1.165) is 0 Å². The van der Waals surface area contributed by atoms with E-state index in [4.69, 9.17) is 14.2 Å². The van der Waals surface area contributed by atoms with Gasteiger partial charge in [-0.1, -0.05) is 12.1 Å². The summed E-state index contributed by atoms with van der Waals surface area (Å²) in [5.41, 5.74) is 2.09. The van der Waals surface area contributed by atoms with Crippen LogP contribution < -0.4 is 20.3 Å². The first-order valence-corrected chi connectivity index (χ1v) is 9.90. The van der Waals surface area contributed by atoms with E-state index >= 15 is 0 Å². The number of aromatic nitrogens is 4. The van der Waals surface area contributed by atoms with Gasteiger partial charge >= 0.3 is 6.09 Å². The van der Waals surface area contributed by atoms with E-state index in [0.29, 0.717) is 39.7 Å². The Kier molecular flexibility index (Phi) is 6.35. The number of ether oxygens (including phenoxy) is 3. The molecule has 2 N–H and O–H groups in total. The molecule has 0 aliphatic heterocycles. The van der Waals surface area contributed by atoms with Crippen molar-refractivity contribution in [1.29, 1.82) is 0 Å². The van der Waals surface area contributed by atoms with Gasteiger partial charge in [0.1, 0.15) is 18.1 Å². The number of carbonyl (C=O) groups excluding carboxylic acids is 1. The first-order chi connectivity index (χ1) is 16.1. The summed E-state index contributed by atoms with van der Waals surface area (Å²) in [6.07, 6.45) is 5.76. The number of pyridine rings is 2. The highest BCUT2D eigenvalue weighted by molar-refractivity contribution is 5.85. The second-order valence-electron chi connectivity index (χ2n) is 6.90. The molecule has 3 heterocycles. The topological polar surface area (TPSA) is 120 Å². The molecular formula is C23H21N5O5. The quantitative estimate of drug-likeness (QED) is 0.445. The molecule has 4 aromatic rings. The number of H-pyrrole nitrogens is 1. The van der Waals surface area contributed by atoms with Crippen molar-refractivity contribution in [2.24, 2.45) is 0 Å². The molecule has 1 aromatic carbocycles. The lowest BCUT2D eigenvalue weighted by Crippen LogP contribution is -2.17. The van der Waals surface area contributed by atoms with Gasteiger partial charge < -0.3 is 14.2 Å². The molecule has 0 fully saturated rings. The molecule has 0 atom stereocenters. The van der Waals surface area contributed by atoms with Gasteiger partial charge in [0.25, 0.3) is 5.56 Å². The van der Waals surface area contributed by atoms with Crippen molar-refractivity contribution in [2.75, 3.05) is 19.5 Å². The Morgan fingerprint density at radius 2 is 1.88 bits per heavy atom. The number of nitrogens with one attached hydrogen (secondary N) is 2. The lowest BCUT2D eigenvalue weighted by Gasteiger charge is -2.10. The lowest BCUT2D eigenvalue weighted by molar-refractivity contribution is 0.155. The Balaban J connectivity index is 1.39. The largest absolute Gasteiger partial charge is 0.497 e. The molecule has 33 heavy (non-hydrogen) atoms. The van der Waals surface area contributed by atoms with E-state index in [2.05, 4.69) is 20.4 Å². The van der Waals surface area contributed by atoms with Crippen molar-refractivity contribution in [2.45, 2.75) is 6.61 Å². The van der Waals surface area contributed by atoms with Crippen LogP contribution in [0, 0.1) is 0 Å². The monoisotopic (exact) mass is 447 g/mol. The number of methoxy groups -OCH3 is 2. The zero-order chi connectivity index (χ0) is 23.2. The maximum atomic E-state index is 12.7. The van der Waals surface area contributed by atoms with Crippen LogP contribution in [0.15, 0.2) is 72.0 Å².